The molecule has 1 saturated heterocycles. The summed E-state index contributed by atoms with van der Waals surface area (Å²) in [5, 5.41) is 12.5. The van der Waals surface area contributed by atoms with Gasteiger partial charge >= 0.3 is 0 Å². The number of rotatable bonds is 5. The highest BCUT2D eigenvalue weighted by atomic mass is 16.5. The first kappa shape index (κ1) is 14.8. The molecule has 0 amide bonds. The fourth-order valence-corrected chi connectivity index (χ4v) is 2.39. The van der Waals surface area contributed by atoms with Crippen LogP contribution in [0.2, 0.25) is 0 Å². The van der Waals surface area contributed by atoms with Crippen LogP contribution < -0.4 is 15.0 Å². The van der Waals surface area contributed by atoms with Gasteiger partial charge in [0.05, 0.1) is 25.9 Å². The number of aromatic nitrogens is 2. The number of nitrogens with zero attached hydrogens (tertiary/aromatic N) is 3. The maximum absolute atomic E-state index is 9.31. The van der Waals surface area contributed by atoms with Crippen LogP contribution in [0, 0.1) is 0 Å². The van der Waals surface area contributed by atoms with Gasteiger partial charge in [0, 0.05) is 19.6 Å². The van der Waals surface area contributed by atoms with E-state index >= 15 is 0 Å². The van der Waals surface area contributed by atoms with Crippen molar-refractivity contribution in [2.45, 2.75) is 26.1 Å². The molecular weight excluding hydrogens is 260 g/mol. The number of morpholine rings is 1. The second-order valence-electron chi connectivity index (χ2n) is 4.77. The van der Waals surface area contributed by atoms with E-state index in [1.165, 1.54) is 6.33 Å². The number of aliphatic hydroxyl groups excluding tert-OH is 1. The maximum atomic E-state index is 9.31. The first-order valence-corrected chi connectivity index (χ1v) is 6.83. The Hall–Kier alpha value is -1.60. The van der Waals surface area contributed by atoms with Crippen LogP contribution >= 0.6 is 0 Å². The standard InChI is InChI=1S/C13H22N4O3/c1-4-14-12-11(19-3)13(16-8-15-12)17-5-9(2)20-10(6-17)7-18/h8-10,18H,4-7H2,1-3H3,(H,14,15,16). The summed E-state index contributed by atoms with van der Waals surface area (Å²) in [5.41, 5.74) is 0. The first-order valence-electron chi connectivity index (χ1n) is 6.83. The summed E-state index contributed by atoms with van der Waals surface area (Å²) in [4.78, 5) is 10.6. The second kappa shape index (κ2) is 6.71. The smallest absolute Gasteiger partial charge is 0.204 e. The third-order valence-corrected chi connectivity index (χ3v) is 3.16. The van der Waals surface area contributed by atoms with E-state index in [0.29, 0.717) is 24.7 Å². The van der Waals surface area contributed by atoms with Crippen LogP contribution in [-0.4, -0.2) is 60.6 Å². The Labute approximate surface area is 118 Å². The van der Waals surface area contributed by atoms with Crippen molar-refractivity contribution in [2.75, 3.05) is 43.6 Å². The topological polar surface area (TPSA) is 79.7 Å². The van der Waals surface area contributed by atoms with Gasteiger partial charge in [-0.2, -0.15) is 0 Å². The zero-order chi connectivity index (χ0) is 14.5. The molecule has 0 aliphatic carbocycles. The van der Waals surface area contributed by atoms with Gasteiger partial charge in [-0.1, -0.05) is 0 Å². The van der Waals surface area contributed by atoms with Gasteiger partial charge in [0.15, 0.2) is 11.6 Å². The van der Waals surface area contributed by atoms with Crippen molar-refractivity contribution < 1.29 is 14.6 Å². The number of nitrogens with one attached hydrogen (secondary N) is 1. The third-order valence-electron chi connectivity index (χ3n) is 3.16. The molecule has 2 heterocycles. The first-order chi connectivity index (χ1) is 9.69. The molecule has 0 aromatic carbocycles. The second-order valence-corrected chi connectivity index (χ2v) is 4.77. The highest BCUT2D eigenvalue weighted by Crippen LogP contribution is 2.33. The SMILES string of the molecule is CCNc1ncnc(N2CC(C)OC(CO)C2)c1OC. The van der Waals surface area contributed by atoms with Crippen molar-refractivity contribution in [3.8, 4) is 5.75 Å². The Kier molecular flexibility index (Phi) is 4.97. The summed E-state index contributed by atoms with van der Waals surface area (Å²) in [6.45, 7) is 6.02. The number of anilines is 2. The summed E-state index contributed by atoms with van der Waals surface area (Å²) < 4.78 is 11.1. The lowest BCUT2D eigenvalue weighted by molar-refractivity contribution is -0.0423. The molecule has 0 saturated carbocycles. The van der Waals surface area contributed by atoms with Crippen LogP contribution in [0.1, 0.15) is 13.8 Å². The third kappa shape index (κ3) is 3.10. The van der Waals surface area contributed by atoms with Gasteiger partial charge in [-0.3, -0.25) is 0 Å². The molecule has 1 aromatic rings. The Morgan fingerprint density at radius 3 is 2.95 bits per heavy atom. The average molecular weight is 282 g/mol. The van der Waals surface area contributed by atoms with Crippen molar-refractivity contribution in [3.63, 3.8) is 0 Å². The van der Waals surface area contributed by atoms with E-state index in [0.717, 1.165) is 12.4 Å². The number of methoxy groups -OCH3 is 1. The van der Waals surface area contributed by atoms with E-state index in [-0.39, 0.29) is 18.8 Å². The van der Waals surface area contributed by atoms with Crippen LogP contribution in [0.4, 0.5) is 11.6 Å². The van der Waals surface area contributed by atoms with Gasteiger partial charge in [0.1, 0.15) is 6.33 Å². The molecule has 1 aliphatic heterocycles. The Morgan fingerprint density at radius 1 is 1.50 bits per heavy atom. The molecule has 2 N–H and O–H groups in total. The minimum absolute atomic E-state index is 0.00565. The van der Waals surface area contributed by atoms with Crippen LogP contribution in [0.5, 0.6) is 5.75 Å². The lowest BCUT2D eigenvalue weighted by Gasteiger charge is -2.37. The summed E-state index contributed by atoms with van der Waals surface area (Å²) in [6.07, 6.45) is 1.34. The fourth-order valence-electron chi connectivity index (χ4n) is 2.39. The Morgan fingerprint density at radius 2 is 2.30 bits per heavy atom. The molecule has 112 valence electrons. The largest absolute Gasteiger partial charge is 0.490 e. The molecule has 1 fully saturated rings. The molecule has 2 unspecified atom stereocenters. The van der Waals surface area contributed by atoms with Crippen molar-refractivity contribution in [1.82, 2.24) is 9.97 Å². The average Bonchev–Trinajstić information content (AvgIpc) is 2.46. The van der Waals surface area contributed by atoms with Gasteiger partial charge in [-0.05, 0) is 13.8 Å². The monoisotopic (exact) mass is 282 g/mol. The molecule has 20 heavy (non-hydrogen) atoms. The quantitative estimate of drug-likeness (QED) is 0.814. The Balaban J connectivity index is 2.28. The van der Waals surface area contributed by atoms with Crippen molar-refractivity contribution in [3.05, 3.63) is 6.33 Å². The normalized spacial score (nSPS) is 22.7. The van der Waals surface area contributed by atoms with Crippen molar-refractivity contribution in [1.29, 1.82) is 0 Å². The number of ether oxygens (including phenoxy) is 2. The zero-order valence-corrected chi connectivity index (χ0v) is 12.2. The summed E-state index contributed by atoms with van der Waals surface area (Å²) in [5.74, 6) is 2.03. The highest BCUT2D eigenvalue weighted by molar-refractivity contribution is 5.65. The predicted octanol–water partition coefficient (Wildman–Crippen LogP) is 0.503. The van der Waals surface area contributed by atoms with E-state index in [2.05, 4.69) is 20.2 Å². The molecule has 7 heteroatoms. The maximum Gasteiger partial charge on any atom is 0.204 e. The minimum atomic E-state index is -0.207. The Bertz CT molecular complexity index is 444. The van der Waals surface area contributed by atoms with Gasteiger partial charge in [0.2, 0.25) is 5.75 Å². The molecule has 0 spiro atoms. The van der Waals surface area contributed by atoms with Crippen LogP contribution in [0.15, 0.2) is 6.33 Å². The van der Waals surface area contributed by atoms with Crippen molar-refractivity contribution in [2.24, 2.45) is 0 Å². The molecular formula is C13H22N4O3. The summed E-state index contributed by atoms with van der Waals surface area (Å²) >= 11 is 0. The van der Waals surface area contributed by atoms with Crippen LogP contribution in [-0.2, 0) is 4.74 Å². The van der Waals surface area contributed by atoms with E-state index in [9.17, 15) is 5.11 Å². The van der Waals surface area contributed by atoms with Crippen molar-refractivity contribution >= 4 is 11.6 Å². The van der Waals surface area contributed by atoms with Crippen LogP contribution in [0.3, 0.4) is 0 Å². The van der Waals surface area contributed by atoms with E-state index in [4.69, 9.17) is 9.47 Å². The number of aliphatic hydroxyl groups is 1. The summed E-state index contributed by atoms with van der Waals surface area (Å²) in [7, 11) is 1.61. The molecule has 1 aromatic heterocycles. The number of hydrogen-bond donors (Lipinski definition) is 2. The molecule has 2 rings (SSSR count). The van der Waals surface area contributed by atoms with Gasteiger partial charge in [-0.25, -0.2) is 9.97 Å². The molecule has 2 atom stereocenters. The van der Waals surface area contributed by atoms with Gasteiger partial charge in [0.25, 0.3) is 0 Å². The van der Waals surface area contributed by atoms with E-state index in [1.807, 2.05) is 13.8 Å². The lowest BCUT2D eigenvalue weighted by atomic mass is 10.2. The molecule has 1 aliphatic rings. The molecule has 0 radical (unpaired) electrons. The molecule has 7 nitrogen and oxygen atoms in total. The number of hydrogen-bond acceptors (Lipinski definition) is 7. The lowest BCUT2D eigenvalue weighted by Crippen LogP contribution is -2.48. The van der Waals surface area contributed by atoms with Gasteiger partial charge in [-0.15, -0.1) is 0 Å². The van der Waals surface area contributed by atoms with Crippen LogP contribution in [0.25, 0.3) is 0 Å². The zero-order valence-electron chi connectivity index (χ0n) is 12.2. The summed E-state index contributed by atoms with van der Waals surface area (Å²) in [6, 6.07) is 0. The van der Waals surface area contributed by atoms with Gasteiger partial charge < -0.3 is 24.8 Å². The predicted molar refractivity (Wildman–Crippen MR) is 76.4 cm³/mol. The van der Waals surface area contributed by atoms with E-state index in [1.54, 1.807) is 7.11 Å². The fraction of sp³-hybridized carbons (Fsp3) is 0.692. The highest BCUT2D eigenvalue weighted by Gasteiger charge is 2.28. The minimum Gasteiger partial charge on any atom is -0.490 e. The van der Waals surface area contributed by atoms with E-state index < -0.39 is 0 Å². The molecule has 0 bridgehead atoms.